The highest BCUT2D eigenvalue weighted by Gasteiger charge is 2.27. The molecule has 2 aromatic heterocycles. The summed E-state index contributed by atoms with van der Waals surface area (Å²) in [6.07, 6.45) is 0. The molecular weight excluding hydrogens is 450 g/mol. The molecule has 9 heteroatoms. The zero-order valence-corrected chi connectivity index (χ0v) is 19.3. The summed E-state index contributed by atoms with van der Waals surface area (Å²) in [5.74, 6) is 2.38. The van der Waals surface area contributed by atoms with Gasteiger partial charge in [-0.05, 0) is 41.3 Å². The number of nitrogens with zero attached hydrogens (tertiary/aromatic N) is 5. The summed E-state index contributed by atoms with van der Waals surface area (Å²) in [6.45, 7) is 3.94. The van der Waals surface area contributed by atoms with Crippen LogP contribution in [0.3, 0.4) is 0 Å². The van der Waals surface area contributed by atoms with Crippen LogP contribution in [0.1, 0.15) is 16.2 Å². The van der Waals surface area contributed by atoms with E-state index in [2.05, 4.69) is 21.0 Å². The van der Waals surface area contributed by atoms with Gasteiger partial charge in [-0.15, -0.1) is 16.4 Å². The fourth-order valence-electron chi connectivity index (χ4n) is 4.27. The number of hydrogen-bond acceptors (Lipinski definition) is 7. The van der Waals surface area contributed by atoms with Crippen molar-refractivity contribution < 1.29 is 14.3 Å². The normalized spacial score (nSPS) is 15.6. The Hall–Kier alpha value is -3.69. The third-order valence-electron chi connectivity index (χ3n) is 6.04. The molecule has 8 nitrogen and oxygen atoms in total. The SMILES string of the molecule is O=C(c1nc(-c2cccs2)n(-c2ccccc2)n1)N1CCN(Cc2ccc3c(c2)OCO3)CC1. The minimum Gasteiger partial charge on any atom is -0.454 e. The molecule has 0 unspecified atom stereocenters. The average molecular weight is 474 g/mol. The lowest BCUT2D eigenvalue weighted by atomic mass is 10.1. The van der Waals surface area contributed by atoms with E-state index in [0.717, 1.165) is 41.7 Å². The Balaban J connectivity index is 1.16. The number of para-hydroxylation sites is 1. The van der Waals surface area contributed by atoms with Crippen molar-refractivity contribution in [3.8, 4) is 27.9 Å². The molecule has 0 atom stereocenters. The van der Waals surface area contributed by atoms with Crippen LogP contribution < -0.4 is 9.47 Å². The maximum Gasteiger partial charge on any atom is 0.293 e. The third-order valence-corrected chi connectivity index (χ3v) is 6.91. The van der Waals surface area contributed by atoms with Crippen LogP contribution in [0.4, 0.5) is 0 Å². The number of benzene rings is 2. The lowest BCUT2D eigenvalue weighted by Crippen LogP contribution is -2.48. The molecule has 4 aromatic rings. The van der Waals surface area contributed by atoms with Gasteiger partial charge in [-0.2, -0.15) is 0 Å². The Morgan fingerprint density at radius 1 is 0.941 bits per heavy atom. The van der Waals surface area contributed by atoms with Gasteiger partial charge in [0.1, 0.15) is 0 Å². The Morgan fingerprint density at radius 3 is 2.56 bits per heavy atom. The van der Waals surface area contributed by atoms with E-state index in [-0.39, 0.29) is 18.5 Å². The Morgan fingerprint density at radius 2 is 1.76 bits per heavy atom. The molecule has 0 N–H and O–H groups in total. The van der Waals surface area contributed by atoms with Gasteiger partial charge >= 0.3 is 0 Å². The quantitative estimate of drug-likeness (QED) is 0.440. The number of carbonyl (C=O) groups excluding carboxylic acids is 1. The van der Waals surface area contributed by atoms with Crippen molar-refractivity contribution in [2.75, 3.05) is 33.0 Å². The van der Waals surface area contributed by atoms with Crippen molar-refractivity contribution in [2.45, 2.75) is 6.54 Å². The number of thiophene rings is 1. The molecule has 172 valence electrons. The molecule has 0 radical (unpaired) electrons. The molecule has 1 saturated heterocycles. The molecule has 1 fully saturated rings. The van der Waals surface area contributed by atoms with E-state index in [1.807, 2.05) is 64.9 Å². The molecule has 0 saturated carbocycles. The highest BCUT2D eigenvalue weighted by Crippen LogP contribution is 2.33. The van der Waals surface area contributed by atoms with Gasteiger partial charge in [0.25, 0.3) is 5.91 Å². The fraction of sp³-hybridized carbons (Fsp3) is 0.240. The van der Waals surface area contributed by atoms with Crippen molar-refractivity contribution >= 4 is 17.2 Å². The summed E-state index contributed by atoms with van der Waals surface area (Å²) in [5, 5.41) is 6.61. The maximum absolute atomic E-state index is 13.3. The van der Waals surface area contributed by atoms with Gasteiger partial charge in [0.05, 0.1) is 10.6 Å². The summed E-state index contributed by atoms with van der Waals surface area (Å²) in [7, 11) is 0. The molecule has 4 heterocycles. The molecule has 0 spiro atoms. The largest absolute Gasteiger partial charge is 0.454 e. The number of amides is 1. The molecule has 0 aliphatic carbocycles. The number of rotatable bonds is 5. The summed E-state index contributed by atoms with van der Waals surface area (Å²) < 4.78 is 12.6. The number of hydrogen-bond donors (Lipinski definition) is 0. The van der Waals surface area contributed by atoms with E-state index in [4.69, 9.17) is 9.47 Å². The lowest BCUT2D eigenvalue weighted by molar-refractivity contribution is 0.0616. The Bertz CT molecular complexity index is 1300. The van der Waals surface area contributed by atoms with Gasteiger partial charge in [0.2, 0.25) is 12.6 Å². The van der Waals surface area contributed by atoms with Gasteiger partial charge < -0.3 is 14.4 Å². The van der Waals surface area contributed by atoms with E-state index in [1.165, 1.54) is 5.56 Å². The van der Waals surface area contributed by atoms with Crippen LogP contribution in [0.2, 0.25) is 0 Å². The predicted octanol–water partition coefficient (Wildman–Crippen LogP) is 3.68. The zero-order chi connectivity index (χ0) is 22.9. The summed E-state index contributed by atoms with van der Waals surface area (Å²) in [5.41, 5.74) is 2.05. The Labute approximate surface area is 201 Å². The number of fused-ring (bicyclic) bond motifs is 1. The van der Waals surface area contributed by atoms with Gasteiger partial charge in [0, 0.05) is 32.7 Å². The second kappa shape index (κ2) is 8.92. The van der Waals surface area contributed by atoms with E-state index in [1.54, 1.807) is 16.0 Å². The number of ether oxygens (including phenoxy) is 2. The number of aromatic nitrogens is 3. The monoisotopic (exact) mass is 473 g/mol. The minimum atomic E-state index is -0.129. The zero-order valence-electron chi connectivity index (χ0n) is 18.5. The molecule has 2 aromatic carbocycles. The van der Waals surface area contributed by atoms with Gasteiger partial charge in [-0.25, -0.2) is 9.67 Å². The molecule has 2 aliphatic rings. The van der Waals surface area contributed by atoms with E-state index >= 15 is 0 Å². The predicted molar refractivity (Wildman–Crippen MR) is 128 cm³/mol. The highest BCUT2D eigenvalue weighted by atomic mass is 32.1. The number of carbonyl (C=O) groups is 1. The van der Waals surface area contributed by atoms with Crippen molar-refractivity contribution in [3.05, 3.63) is 77.4 Å². The molecule has 0 bridgehead atoms. The van der Waals surface area contributed by atoms with E-state index in [0.29, 0.717) is 18.9 Å². The average Bonchev–Trinajstić information content (AvgIpc) is 3.65. The first-order valence-electron chi connectivity index (χ1n) is 11.2. The Kier molecular flexibility index (Phi) is 5.48. The first kappa shape index (κ1) is 20.9. The van der Waals surface area contributed by atoms with Crippen LogP contribution in [0.15, 0.2) is 66.0 Å². The molecular formula is C25H23N5O3S. The van der Waals surface area contributed by atoms with Crippen LogP contribution >= 0.6 is 11.3 Å². The van der Waals surface area contributed by atoms with Gasteiger partial charge in [-0.1, -0.05) is 30.3 Å². The number of piperazine rings is 1. The van der Waals surface area contributed by atoms with Crippen LogP contribution in [0, 0.1) is 0 Å². The maximum atomic E-state index is 13.3. The van der Waals surface area contributed by atoms with Crippen molar-refractivity contribution in [3.63, 3.8) is 0 Å². The molecule has 2 aliphatic heterocycles. The second-order valence-electron chi connectivity index (χ2n) is 8.24. The summed E-state index contributed by atoms with van der Waals surface area (Å²) >= 11 is 1.58. The minimum absolute atomic E-state index is 0.129. The van der Waals surface area contributed by atoms with Crippen LogP contribution in [0.5, 0.6) is 11.5 Å². The lowest BCUT2D eigenvalue weighted by Gasteiger charge is -2.34. The van der Waals surface area contributed by atoms with Crippen molar-refractivity contribution in [1.82, 2.24) is 24.6 Å². The van der Waals surface area contributed by atoms with Gasteiger partial charge in [0.15, 0.2) is 17.3 Å². The van der Waals surface area contributed by atoms with Crippen molar-refractivity contribution in [1.29, 1.82) is 0 Å². The van der Waals surface area contributed by atoms with Crippen LogP contribution in [-0.2, 0) is 6.54 Å². The fourth-order valence-corrected chi connectivity index (χ4v) is 4.96. The smallest absolute Gasteiger partial charge is 0.293 e. The third kappa shape index (κ3) is 4.04. The molecule has 6 rings (SSSR count). The van der Waals surface area contributed by atoms with Crippen LogP contribution in [0.25, 0.3) is 16.4 Å². The first-order valence-corrected chi connectivity index (χ1v) is 12.1. The first-order chi connectivity index (χ1) is 16.7. The second-order valence-corrected chi connectivity index (χ2v) is 9.19. The standard InChI is InChI=1S/C25H23N5O3S/c31-25(23-26-24(22-7-4-14-34-22)30(27-23)19-5-2-1-3-6-19)29-12-10-28(11-13-29)16-18-8-9-20-21(15-18)33-17-32-20/h1-9,14-15H,10-13,16-17H2. The van der Waals surface area contributed by atoms with Crippen LogP contribution in [-0.4, -0.2) is 63.4 Å². The van der Waals surface area contributed by atoms with E-state index in [9.17, 15) is 4.79 Å². The molecule has 34 heavy (non-hydrogen) atoms. The van der Waals surface area contributed by atoms with E-state index < -0.39 is 0 Å². The summed E-state index contributed by atoms with van der Waals surface area (Å²) in [6, 6.07) is 19.8. The topological polar surface area (TPSA) is 72.7 Å². The van der Waals surface area contributed by atoms with Crippen molar-refractivity contribution in [2.24, 2.45) is 0 Å². The summed E-state index contributed by atoms with van der Waals surface area (Å²) in [4.78, 5) is 23.1. The highest BCUT2D eigenvalue weighted by molar-refractivity contribution is 7.13. The molecule has 1 amide bonds. The van der Waals surface area contributed by atoms with Gasteiger partial charge in [-0.3, -0.25) is 9.69 Å².